The third-order valence-electron chi connectivity index (χ3n) is 9.42. The van der Waals surface area contributed by atoms with Crippen LogP contribution in [0.4, 0.5) is 5.69 Å². The molecule has 0 aliphatic heterocycles. The minimum atomic E-state index is -1.02. The third-order valence-corrected chi connectivity index (χ3v) is 10.3. The minimum Gasteiger partial charge on any atom is -0.494 e. The molecule has 3 aromatic heterocycles. The maximum atomic E-state index is 13.0. The number of aromatic carboxylic acids is 1. The fourth-order valence-electron chi connectivity index (χ4n) is 6.92. The number of rotatable bonds is 13. The second-order valence-corrected chi connectivity index (χ2v) is 13.7. The first-order valence-electron chi connectivity index (χ1n) is 16.5. The van der Waals surface area contributed by atoms with Gasteiger partial charge in [0.1, 0.15) is 11.3 Å². The van der Waals surface area contributed by atoms with Crippen molar-refractivity contribution in [3.05, 3.63) is 92.1 Å². The van der Waals surface area contributed by atoms with E-state index in [1.807, 2.05) is 81.6 Å². The second kappa shape index (κ2) is 14.2. The number of halogens is 2. The van der Waals surface area contributed by atoms with Crippen LogP contribution in [-0.2, 0) is 20.0 Å². The smallest absolute Gasteiger partial charge is 0.338 e. The highest BCUT2D eigenvalue weighted by atomic mass is 35.5. The van der Waals surface area contributed by atoms with Gasteiger partial charge in [0, 0.05) is 60.1 Å². The molecule has 12 heteroatoms. The Morgan fingerprint density at radius 2 is 1.80 bits per heavy atom. The van der Waals surface area contributed by atoms with Gasteiger partial charge in [0.15, 0.2) is 6.29 Å². The van der Waals surface area contributed by atoms with E-state index in [4.69, 9.17) is 27.9 Å². The van der Waals surface area contributed by atoms with E-state index in [2.05, 4.69) is 19.7 Å². The van der Waals surface area contributed by atoms with E-state index < -0.39 is 5.97 Å². The van der Waals surface area contributed by atoms with Crippen LogP contribution >= 0.6 is 23.2 Å². The van der Waals surface area contributed by atoms with Gasteiger partial charge < -0.3 is 23.9 Å². The average Bonchev–Trinajstić information content (AvgIpc) is 3.73. The van der Waals surface area contributed by atoms with Gasteiger partial charge in [0.05, 0.1) is 45.9 Å². The number of ether oxygens (including phenoxy) is 1. The summed E-state index contributed by atoms with van der Waals surface area (Å²) in [7, 11) is 3.78. The average molecular weight is 716 g/mol. The molecule has 0 aliphatic rings. The van der Waals surface area contributed by atoms with Crippen LogP contribution in [0.1, 0.15) is 61.8 Å². The van der Waals surface area contributed by atoms with Crippen molar-refractivity contribution in [2.75, 3.05) is 25.1 Å². The van der Waals surface area contributed by atoms with Crippen molar-refractivity contribution in [3.63, 3.8) is 0 Å². The zero-order chi connectivity index (χ0) is 35.9. The maximum Gasteiger partial charge on any atom is 0.338 e. The van der Waals surface area contributed by atoms with Gasteiger partial charge in [-0.25, -0.2) is 9.78 Å². The first-order chi connectivity index (χ1) is 23.9. The molecular weight excluding hydrogens is 675 g/mol. The van der Waals surface area contributed by atoms with Crippen LogP contribution in [0.3, 0.4) is 0 Å². The molecule has 0 radical (unpaired) electrons. The fraction of sp³-hybridized carbons (Fsp3) is 0.316. The highest BCUT2D eigenvalue weighted by molar-refractivity contribution is 6.35. The van der Waals surface area contributed by atoms with Gasteiger partial charge in [-0.1, -0.05) is 29.3 Å². The predicted molar refractivity (Wildman–Crippen MR) is 200 cm³/mol. The first-order valence-corrected chi connectivity index (χ1v) is 17.3. The van der Waals surface area contributed by atoms with Crippen molar-refractivity contribution in [1.82, 2.24) is 24.3 Å². The van der Waals surface area contributed by atoms with E-state index in [0.29, 0.717) is 55.2 Å². The highest BCUT2D eigenvalue weighted by Gasteiger charge is 2.24. The molecule has 0 fully saturated rings. The molecule has 6 rings (SSSR count). The number of carbonyl (C=O) groups excluding carboxylic acids is 1. The Balaban J connectivity index is 1.33. The van der Waals surface area contributed by atoms with Crippen LogP contribution in [0.15, 0.2) is 42.7 Å². The number of H-pyrrole nitrogens is 1. The van der Waals surface area contributed by atoms with Gasteiger partial charge in [0.25, 0.3) is 0 Å². The molecule has 0 saturated carbocycles. The standard InChI is InChI=1S/C38H40Cl2N6O4/c1-21-15-26(16-22(2)35(21)40)50-14-7-9-27-28-10-11-30(39)34(33-23(3)42-43-24(33)4)37(28)46(32(27)19-47)13-8-12-44(5)25-17-29(38(48)49)36-31(18-25)45(6)20-41-36/h10-11,15-20H,7-9,12-14H2,1-6H3,(H,42,43)(H,48,49). The number of aldehydes is 1. The second-order valence-electron chi connectivity index (χ2n) is 12.9. The highest BCUT2D eigenvalue weighted by Crippen LogP contribution is 2.41. The molecule has 0 atom stereocenters. The van der Waals surface area contributed by atoms with E-state index in [0.717, 1.165) is 78.4 Å². The molecule has 0 amide bonds. The van der Waals surface area contributed by atoms with Gasteiger partial charge in [-0.15, -0.1) is 0 Å². The summed E-state index contributed by atoms with van der Waals surface area (Å²) in [5.74, 6) is -0.256. The van der Waals surface area contributed by atoms with Crippen molar-refractivity contribution in [3.8, 4) is 16.9 Å². The molecule has 0 saturated heterocycles. The summed E-state index contributed by atoms with van der Waals surface area (Å²) >= 11 is 13.3. The zero-order valence-electron chi connectivity index (χ0n) is 29.0. The lowest BCUT2D eigenvalue weighted by molar-refractivity contribution is 0.0698. The van der Waals surface area contributed by atoms with Gasteiger partial charge in [-0.3, -0.25) is 9.89 Å². The third kappa shape index (κ3) is 6.45. The van der Waals surface area contributed by atoms with Gasteiger partial charge in [-0.05, 0) is 94.0 Å². The number of aryl methyl sites for hydroxylation is 7. The number of fused-ring (bicyclic) bond motifs is 2. The number of nitrogens with zero attached hydrogens (tertiary/aromatic N) is 5. The number of anilines is 1. The Morgan fingerprint density at radius 1 is 1.06 bits per heavy atom. The van der Waals surface area contributed by atoms with Gasteiger partial charge in [0.2, 0.25) is 0 Å². The van der Waals surface area contributed by atoms with Crippen molar-refractivity contribution in [1.29, 1.82) is 0 Å². The van der Waals surface area contributed by atoms with Crippen molar-refractivity contribution in [2.24, 2.45) is 7.05 Å². The number of aromatic amines is 1. The molecule has 2 N–H and O–H groups in total. The largest absolute Gasteiger partial charge is 0.494 e. The van der Waals surface area contributed by atoms with Crippen molar-refractivity contribution >= 4 is 63.1 Å². The summed E-state index contributed by atoms with van der Waals surface area (Å²) in [5.41, 5.74) is 9.96. The molecule has 3 heterocycles. The van der Waals surface area contributed by atoms with E-state index >= 15 is 0 Å². The number of carboxylic acids is 1. The Hall–Kier alpha value is -4.80. The fourth-order valence-corrected chi connectivity index (χ4v) is 7.28. The van der Waals surface area contributed by atoms with Crippen molar-refractivity contribution in [2.45, 2.75) is 53.5 Å². The quantitative estimate of drug-likeness (QED) is 0.0910. The number of carboxylic acid groups (broad SMARTS) is 1. The summed E-state index contributed by atoms with van der Waals surface area (Å²) in [6.07, 6.45) is 4.53. The summed E-state index contributed by atoms with van der Waals surface area (Å²) < 4.78 is 10.0. The van der Waals surface area contributed by atoms with Crippen LogP contribution < -0.4 is 9.64 Å². The molecule has 260 valence electrons. The molecule has 0 aliphatic carbocycles. The summed E-state index contributed by atoms with van der Waals surface area (Å²) in [6.45, 7) is 9.43. The molecule has 50 heavy (non-hydrogen) atoms. The number of hydrogen-bond acceptors (Lipinski definition) is 6. The molecular formula is C38H40Cl2N6O4. The zero-order valence-corrected chi connectivity index (χ0v) is 30.5. The number of aromatic nitrogens is 5. The van der Waals surface area contributed by atoms with Gasteiger partial charge >= 0.3 is 5.97 Å². The maximum absolute atomic E-state index is 13.0. The van der Waals surface area contributed by atoms with Crippen LogP contribution in [-0.4, -0.2) is 61.9 Å². The van der Waals surface area contributed by atoms with Crippen LogP contribution in [0, 0.1) is 27.7 Å². The normalized spacial score (nSPS) is 11.5. The number of hydrogen-bond donors (Lipinski definition) is 2. The van der Waals surface area contributed by atoms with Crippen LogP contribution in [0.25, 0.3) is 33.1 Å². The molecule has 10 nitrogen and oxygen atoms in total. The summed E-state index contributed by atoms with van der Waals surface area (Å²) in [6, 6.07) is 11.4. The first kappa shape index (κ1) is 35.0. The Bertz CT molecular complexity index is 2220. The van der Waals surface area contributed by atoms with E-state index in [9.17, 15) is 14.7 Å². The molecule has 6 aromatic rings. The topological polar surface area (TPSA) is 118 Å². The van der Waals surface area contributed by atoms with Gasteiger partial charge in [-0.2, -0.15) is 5.10 Å². The van der Waals surface area contributed by atoms with E-state index in [1.165, 1.54) is 0 Å². The molecule has 0 unspecified atom stereocenters. The molecule has 0 bridgehead atoms. The van der Waals surface area contributed by atoms with Crippen molar-refractivity contribution < 1.29 is 19.4 Å². The number of carbonyl (C=O) groups is 2. The predicted octanol–water partition coefficient (Wildman–Crippen LogP) is 8.51. The molecule has 3 aromatic carbocycles. The lowest BCUT2D eigenvalue weighted by atomic mass is 9.98. The lowest BCUT2D eigenvalue weighted by Gasteiger charge is -2.21. The number of imidazole rings is 1. The van der Waals surface area contributed by atoms with Crippen LogP contribution in [0.2, 0.25) is 10.0 Å². The minimum absolute atomic E-state index is 0.157. The summed E-state index contributed by atoms with van der Waals surface area (Å²) in [5, 5.41) is 19.7. The lowest BCUT2D eigenvalue weighted by Crippen LogP contribution is -2.21. The monoisotopic (exact) mass is 714 g/mol. The summed E-state index contributed by atoms with van der Waals surface area (Å²) in [4.78, 5) is 31.3. The number of nitrogens with one attached hydrogen (secondary N) is 1. The Labute approximate surface area is 300 Å². The Kier molecular flexibility index (Phi) is 9.96. The van der Waals surface area contributed by atoms with Crippen LogP contribution in [0.5, 0.6) is 5.75 Å². The number of benzene rings is 3. The molecule has 0 spiro atoms. The van der Waals surface area contributed by atoms with E-state index in [1.54, 1.807) is 12.4 Å². The SMILES string of the molecule is Cc1cc(OCCCc2c(C=O)n(CCCN(C)c3cc(C(=O)O)c4ncn(C)c4c3)c3c(-c4c(C)n[nH]c4C)c(Cl)ccc23)cc(C)c1Cl. The Morgan fingerprint density at radius 3 is 2.46 bits per heavy atom. The van der Waals surface area contributed by atoms with E-state index in [-0.39, 0.29) is 5.56 Å².